The van der Waals surface area contributed by atoms with Crippen molar-refractivity contribution in [2.75, 3.05) is 0 Å². The Hall–Kier alpha value is -1.53. The predicted octanol–water partition coefficient (Wildman–Crippen LogP) is 2.67. The van der Waals surface area contributed by atoms with Crippen LogP contribution in [0.4, 0.5) is 13.2 Å². The molecule has 0 aliphatic rings. The smallest absolute Gasteiger partial charge is 0.351 e. The van der Waals surface area contributed by atoms with Crippen molar-refractivity contribution in [1.82, 2.24) is 10.5 Å². The minimum absolute atomic E-state index is 0.104. The van der Waals surface area contributed by atoms with Crippen molar-refractivity contribution >= 4 is 10.9 Å². The van der Waals surface area contributed by atoms with Gasteiger partial charge in [0.15, 0.2) is 0 Å². The molecule has 1 heterocycles. The van der Waals surface area contributed by atoms with E-state index in [0.29, 0.717) is 16.5 Å². The summed E-state index contributed by atoms with van der Waals surface area (Å²) in [5, 5.41) is 9.02. The molecule has 1 aromatic heterocycles. The Balaban J connectivity index is 2.57. The standard InChI is InChI=1S/C10H9F3N2O/c11-10(12,13)9-4-7-6(5-14-16)2-1-3-8(7)15-9/h1-4,14-16H,5H2. The molecule has 0 spiro atoms. The number of aromatic nitrogens is 1. The Kier molecular flexibility index (Phi) is 2.61. The van der Waals surface area contributed by atoms with Gasteiger partial charge in [0.25, 0.3) is 0 Å². The largest absolute Gasteiger partial charge is 0.431 e. The fourth-order valence-electron chi connectivity index (χ4n) is 1.61. The van der Waals surface area contributed by atoms with Crippen LogP contribution < -0.4 is 5.48 Å². The number of hydroxylamine groups is 1. The van der Waals surface area contributed by atoms with Gasteiger partial charge in [-0.25, -0.2) is 5.48 Å². The van der Waals surface area contributed by atoms with Crippen LogP contribution in [-0.2, 0) is 12.7 Å². The summed E-state index contributed by atoms with van der Waals surface area (Å²) >= 11 is 0. The van der Waals surface area contributed by atoms with E-state index in [9.17, 15) is 13.2 Å². The van der Waals surface area contributed by atoms with Crippen molar-refractivity contribution in [2.24, 2.45) is 0 Å². The van der Waals surface area contributed by atoms with Gasteiger partial charge in [-0.15, -0.1) is 0 Å². The Labute approximate surface area is 88.8 Å². The Morgan fingerprint density at radius 1 is 1.31 bits per heavy atom. The molecule has 86 valence electrons. The average Bonchev–Trinajstić information content (AvgIpc) is 2.62. The lowest BCUT2D eigenvalue weighted by atomic mass is 10.1. The Morgan fingerprint density at radius 2 is 2.06 bits per heavy atom. The molecule has 0 fully saturated rings. The van der Waals surface area contributed by atoms with Crippen molar-refractivity contribution in [2.45, 2.75) is 12.7 Å². The molecule has 0 bridgehead atoms. The molecular weight excluding hydrogens is 221 g/mol. The minimum atomic E-state index is -4.39. The highest BCUT2D eigenvalue weighted by molar-refractivity contribution is 5.84. The van der Waals surface area contributed by atoms with Gasteiger partial charge in [-0.3, -0.25) is 0 Å². The first kappa shape index (κ1) is 11.0. The number of benzene rings is 1. The summed E-state index contributed by atoms with van der Waals surface area (Å²) in [5.41, 5.74) is 2.15. The monoisotopic (exact) mass is 230 g/mol. The van der Waals surface area contributed by atoms with Gasteiger partial charge in [-0.05, 0) is 17.7 Å². The third-order valence-electron chi connectivity index (χ3n) is 2.33. The van der Waals surface area contributed by atoms with Crippen LogP contribution in [0.2, 0.25) is 0 Å². The van der Waals surface area contributed by atoms with Crippen LogP contribution in [0.3, 0.4) is 0 Å². The zero-order valence-electron chi connectivity index (χ0n) is 8.10. The molecule has 2 rings (SSSR count). The molecule has 0 aliphatic carbocycles. The maximum atomic E-state index is 12.4. The van der Waals surface area contributed by atoms with Crippen LogP contribution in [0.5, 0.6) is 0 Å². The van der Waals surface area contributed by atoms with Crippen LogP contribution >= 0.6 is 0 Å². The molecule has 0 atom stereocenters. The second-order valence-corrected chi connectivity index (χ2v) is 3.39. The van der Waals surface area contributed by atoms with Gasteiger partial charge in [-0.1, -0.05) is 12.1 Å². The number of hydrogen-bond donors (Lipinski definition) is 3. The van der Waals surface area contributed by atoms with E-state index in [0.717, 1.165) is 6.07 Å². The van der Waals surface area contributed by atoms with Gasteiger partial charge >= 0.3 is 6.18 Å². The molecule has 0 aliphatic heterocycles. The van der Waals surface area contributed by atoms with Crippen LogP contribution in [0.15, 0.2) is 24.3 Å². The topological polar surface area (TPSA) is 48.0 Å². The molecule has 0 saturated carbocycles. The fraction of sp³-hybridized carbons (Fsp3) is 0.200. The summed E-state index contributed by atoms with van der Waals surface area (Å²) < 4.78 is 37.3. The summed E-state index contributed by atoms with van der Waals surface area (Å²) in [4.78, 5) is 2.30. The molecule has 6 heteroatoms. The van der Waals surface area contributed by atoms with Crippen LogP contribution in [0.25, 0.3) is 10.9 Å². The number of nitrogens with one attached hydrogen (secondary N) is 2. The molecule has 0 saturated heterocycles. The molecule has 1 aromatic carbocycles. The number of aromatic amines is 1. The molecule has 2 aromatic rings. The summed E-state index contributed by atoms with van der Waals surface area (Å²) in [6.07, 6.45) is -4.39. The highest BCUT2D eigenvalue weighted by atomic mass is 19.4. The lowest BCUT2D eigenvalue weighted by Crippen LogP contribution is -2.06. The second kappa shape index (κ2) is 3.80. The number of H-pyrrole nitrogens is 1. The van der Waals surface area contributed by atoms with Gasteiger partial charge in [0, 0.05) is 17.4 Å². The zero-order valence-corrected chi connectivity index (χ0v) is 8.10. The number of hydrogen-bond acceptors (Lipinski definition) is 2. The number of rotatable bonds is 2. The van der Waals surface area contributed by atoms with Crippen molar-refractivity contribution in [3.8, 4) is 0 Å². The quantitative estimate of drug-likeness (QED) is 0.694. The third-order valence-corrected chi connectivity index (χ3v) is 2.33. The highest BCUT2D eigenvalue weighted by Gasteiger charge is 2.32. The molecule has 3 nitrogen and oxygen atoms in total. The van der Waals surface area contributed by atoms with E-state index in [4.69, 9.17) is 5.21 Å². The van der Waals surface area contributed by atoms with E-state index in [1.54, 1.807) is 18.2 Å². The van der Waals surface area contributed by atoms with E-state index < -0.39 is 11.9 Å². The van der Waals surface area contributed by atoms with Crippen molar-refractivity contribution < 1.29 is 18.4 Å². The molecule has 3 N–H and O–H groups in total. The average molecular weight is 230 g/mol. The lowest BCUT2D eigenvalue weighted by Gasteiger charge is -2.00. The van der Waals surface area contributed by atoms with Crippen molar-refractivity contribution in [3.05, 3.63) is 35.5 Å². The third kappa shape index (κ3) is 1.89. The SMILES string of the molecule is ONCc1cccc2[nH]c(C(F)(F)F)cc12. The number of halogens is 3. The van der Waals surface area contributed by atoms with Gasteiger partial charge in [0.2, 0.25) is 0 Å². The Morgan fingerprint density at radius 3 is 2.69 bits per heavy atom. The summed E-state index contributed by atoms with van der Waals surface area (Å²) in [5.74, 6) is 0. The van der Waals surface area contributed by atoms with Gasteiger partial charge in [-0.2, -0.15) is 13.2 Å². The van der Waals surface area contributed by atoms with E-state index in [1.807, 2.05) is 5.48 Å². The zero-order chi connectivity index (χ0) is 11.8. The van der Waals surface area contributed by atoms with Gasteiger partial charge in [0.05, 0.1) is 0 Å². The molecule has 16 heavy (non-hydrogen) atoms. The van der Waals surface area contributed by atoms with E-state index >= 15 is 0 Å². The van der Waals surface area contributed by atoms with Gasteiger partial charge in [0.1, 0.15) is 5.69 Å². The first-order valence-electron chi connectivity index (χ1n) is 4.57. The second-order valence-electron chi connectivity index (χ2n) is 3.39. The lowest BCUT2D eigenvalue weighted by molar-refractivity contribution is -0.140. The minimum Gasteiger partial charge on any atom is -0.351 e. The molecule has 0 radical (unpaired) electrons. The predicted molar refractivity (Wildman–Crippen MR) is 51.9 cm³/mol. The number of alkyl halides is 3. The van der Waals surface area contributed by atoms with Crippen LogP contribution in [-0.4, -0.2) is 10.2 Å². The van der Waals surface area contributed by atoms with Crippen LogP contribution in [0.1, 0.15) is 11.3 Å². The normalized spacial score (nSPS) is 12.2. The van der Waals surface area contributed by atoms with Crippen molar-refractivity contribution in [3.63, 3.8) is 0 Å². The van der Waals surface area contributed by atoms with Crippen LogP contribution in [0, 0.1) is 0 Å². The first-order valence-corrected chi connectivity index (χ1v) is 4.57. The van der Waals surface area contributed by atoms with Gasteiger partial charge < -0.3 is 10.2 Å². The van der Waals surface area contributed by atoms with E-state index in [1.165, 1.54) is 0 Å². The maximum Gasteiger partial charge on any atom is 0.431 e. The highest BCUT2D eigenvalue weighted by Crippen LogP contribution is 2.32. The summed E-state index contributed by atoms with van der Waals surface area (Å²) in [6, 6.07) is 5.89. The summed E-state index contributed by atoms with van der Waals surface area (Å²) in [7, 11) is 0. The van der Waals surface area contributed by atoms with E-state index in [2.05, 4.69) is 4.98 Å². The fourth-order valence-corrected chi connectivity index (χ4v) is 1.61. The molecule has 0 amide bonds. The Bertz CT molecular complexity index is 504. The van der Waals surface area contributed by atoms with E-state index in [-0.39, 0.29) is 6.54 Å². The number of fused-ring (bicyclic) bond motifs is 1. The summed E-state index contributed by atoms with van der Waals surface area (Å²) in [6.45, 7) is 0.104. The molecule has 0 unspecified atom stereocenters. The van der Waals surface area contributed by atoms with Crippen molar-refractivity contribution in [1.29, 1.82) is 0 Å². The maximum absolute atomic E-state index is 12.4. The molecular formula is C10H9F3N2O. The first-order chi connectivity index (χ1) is 7.52.